The predicted octanol–water partition coefficient (Wildman–Crippen LogP) is 1.80. The van der Waals surface area contributed by atoms with Gasteiger partial charge in [0.15, 0.2) is 0 Å². The zero-order chi connectivity index (χ0) is 14.6. The predicted molar refractivity (Wildman–Crippen MR) is 76.5 cm³/mol. The van der Waals surface area contributed by atoms with E-state index in [0.717, 1.165) is 12.0 Å². The lowest BCUT2D eigenvalue weighted by molar-refractivity contribution is 0.0729. The molecule has 0 bridgehead atoms. The number of morpholine rings is 1. The van der Waals surface area contributed by atoms with E-state index >= 15 is 0 Å². The van der Waals surface area contributed by atoms with Crippen LogP contribution in [0.1, 0.15) is 18.9 Å². The van der Waals surface area contributed by atoms with Crippen LogP contribution in [0.25, 0.3) is 0 Å². The van der Waals surface area contributed by atoms with Crippen LogP contribution in [-0.4, -0.2) is 45.6 Å². The highest BCUT2D eigenvalue weighted by Gasteiger charge is 2.29. The molecule has 0 atom stereocenters. The second-order valence-electron chi connectivity index (χ2n) is 4.82. The molecule has 2 rings (SSSR count). The van der Waals surface area contributed by atoms with E-state index < -0.39 is 10.0 Å². The first-order chi connectivity index (χ1) is 9.55. The molecule has 0 N–H and O–H groups in total. The van der Waals surface area contributed by atoms with Crippen molar-refractivity contribution in [2.24, 2.45) is 0 Å². The molecule has 0 aromatic heterocycles. The van der Waals surface area contributed by atoms with Crippen LogP contribution in [-0.2, 0) is 14.8 Å². The van der Waals surface area contributed by atoms with Gasteiger partial charge in [-0.1, -0.05) is 13.0 Å². The number of nitrogens with zero attached hydrogens (tertiary/aromatic N) is 1. The Labute approximate surface area is 120 Å². The minimum Gasteiger partial charge on any atom is -0.492 e. The minimum absolute atomic E-state index is 0.257. The highest BCUT2D eigenvalue weighted by Crippen LogP contribution is 2.28. The molecule has 0 aliphatic carbocycles. The van der Waals surface area contributed by atoms with Gasteiger partial charge >= 0.3 is 0 Å². The van der Waals surface area contributed by atoms with Crippen LogP contribution in [0.3, 0.4) is 0 Å². The highest BCUT2D eigenvalue weighted by atomic mass is 32.2. The molecule has 1 saturated heterocycles. The maximum atomic E-state index is 12.7. The van der Waals surface area contributed by atoms with Crippen molar-refractivity contribution in [3.63, 3.8) is 0 Å². The first-order valence-corrected chi connectivity index (χ1v) is 8.31. The third kappa shape index (κ3) is 3.31. The summed E-state index contributed by atoms with van der Waals surface area (Å²) in [6.07, 6.45) is 0.838. The highest BCUT2D eigenvalue weighted by molar-refractivity contribution is 7.89. The first kappa shape index (κ1) is 15.3. The van der Waals surface area contributed by atoms with Gasteiger partial charge in [0.1, 0.15) is 10.6 Å². The molecule has 1 aromatic carbocycles. The van der Waals surface area contributed by atoms with Gasteiger partial charge in [0.05, 0.1) is 19.8 Å². The van der Waals surface area contributed by atoms with Gasteiger partial charge in [0, 0.05) is 13.1 Å². The molecule has 0 radical (unpaired) electrons. The Bertz CT molecular complexity index is 550. The van der Waals surface area contributed by atoms with Crippen LogP contribution < -0.4 is 4.74 Å². The molecule has 1 fully saturated rings. The molecule has 1 aliphatic heterocycles. The summed E-state index contributed by atoms with van der Waals surface area (Å²) in [5.74, 6) is 0.434. The zero-order valence-corrected chi connectivity index (χ0v) is 12.8. The molecule has 1 aliphatic rings. The quantitative estimate of drug-likeness (QED) is 0.832. The van der Waals surface area contributed by atoms with Crippen LogP contribution in [0.4, 0.5) is 0 Å². The largest absolute Gasteiger partial charge is 0.492 e. The van der Waals surface area contributed by atoms with Crippen molar-refractivity contribution in [2.75, 3.05) is 32.9 Å². The molecule has 0 unspecified atom stereocenters. The molecule has 5 nitrogen and oxygen atoms in total. The van der Waals surface area contributed by atoms with E-state index in [9.17, 15) is 8.42 Å². The van der Waals surface area contributed by atoms with Crippen molar-refractivity contribution >= 4 is 10.0 Å². The van der Waals surface area contributed by atoms with E-state index in [0.29, 0.717) is 38.7 Å². The number of hydrogen-bond donors (Lipinski definition) is 0. The third-order valence-corrected chi connectivity index (χ3v) is 5.07. The second kappa shape index (κ2) is 6.56. The second-order valence-corrected chi connectivity index (χ2v) is 6.72. The average Bonchev–Trinajstić information content (AvgIpc) is 2.47. The molecule has 0 spiro atoms. The van der Waals surface area contributed by atoms with E-state index in [2.05, 4.69) is 0 Å². The van der Waals surface area contributed by atoms with E-state index in [1.165, 1.54) is 4.31 Å². The molecular formula is C14H21NO4S. The molecule has 20 heavy (non-hydrogen) atoms. The SMILES string of the molecule is CCCOc1ccc(C)cc1S(=O)(=O)N1CCOCC1. The average molecular weight is 299 g/mol. The fraction of sp³-hybridized carbons (Fsp3) is 0.571. The number of rotatable bonds is 5. The normalized spacial score (nSPS) is 17.1. The Morgan fingerprint density at radius 2 is 2.00 bits per heavy atom. The third-order valence-electron chi connectivity index (χ3n) is 3.15. The Morgan fingerprint density at radius 3 is 2.65 bits per heavy atom. The van der Waals surface area contributed by atoms with E-state index in [1.807, 2.05) is 19.9 Å². The Balaban J connectivity index is 2.35. The smallest absolute Gasteiger partial charge is 0.246 e. The summed E-state index contributed by atoms with van der Waals surface area (Å²) >= 11 is 0. The Morgan fingerprint density at radius 1 is 1.30 bits per heavy atom. The summed E-state index contributed by atoms with van der Waals surface area (Å²) in [6, 6.07) is 5.28. The van der Waals surface area contributed by atoms with Gasteiger partial charge in [-0.2, -0.15) is 4.31 Å². The van der Waals surface area contributed by atoms with Gasteiger partial charge in [-0.15, -0.1) is 0 Å². The maximum absolute atomic E-state index is 12.7. The lowest BCUT2D eigenvalue weighted by atomic mass is 10.2. The fourth-order valence-electron chi connectivity index (χ4n) is 2.07. The topological polar surface area (TPSA) is 55.8 Å². The maximum Gasteiger partial charge on any atom is 0.246 e. The Kier molecular flexibility index (Phi) is 5.01. The van der Waals surface area contributed by atoms with Crippen molar-refractivity contribution in [3.05, 3.63) is 23.8 Å². The number of hydrogen-bond acceptors (Lipinski definition) is 4. The molecule has 1 heterocycles. The van der Waals surface area contributed by atoms with Gasteiger partial charge in [-0.3, -0.25) is 0 Å². The van der Waals surface area contributed by atoms with Gasteiger partial charge in [-0.25, -0.2) is 8.42 Å². The van der Waals surface area contributed by atoms with Gasteiger partial charge in [0.2, 0.25) is 10.0 Å². The van der Waals surface area contributed by atoms with E-state index in [4.69, 9.17) is 9.47 Å². The van der Waals surface area contributed by atoms with Crippen LogP contribution in [0, 0.1) is 6.92 Å². The first-order valence-electron chi connectivity index (χ1n) is 6.87. The summed E-state index contributed by atoms with van der Waals surface area (Å²) < 4.78 is 37.7. The van der Waals surface area contributed by atoms with Crippen LogP contribution >= 0.6 is 0 Å². The Hall–Kier alpha value is -1.11. The summed E-state index contributed by atoms with van der Waals surface area (Å²) in [6.45, 7) is 6.04. The van der Waals surface area contributed by atoms with Gasteiger partial charge in [-0.05, 0) is 31.0 Å². The van der Waals surface area contributed by atoms with Crippen molar-refractivity contribution in [2.45, 2.75) is 25.2 Å². The van der Waals surface area contributed by atoms with Crippen molar-refractivity contribution < 1.29 is 17.9 Å². The molecule has 0 saturated carbocycles. The number of sulfonamides is 1. The molecular weight excluding hydrogens is 278 g/mol. The van der Waals surface area contributed by atoms with Crippen molar-refractivity contribution in [3.8, 4) is 5.75 Å². The van der Waals surface area contributed by atoms with Crippen LogP contribution in [0.5, 0.6) is 5.75 Å². The van der Waals surface area contributed by atoms with E-state index in [-0.39, 0.29) is 4.90 Å². The zero-order valence-electron chi connectivity index (χ0n) is 12.0. The molecule has 0 amide bonds. The summed E-state index contributed by atoms with van der Waals surface area (Å²) in [4.78, 5) is 0.257. The lowest BCUT2D eigenvalue weighted by Crippen LogP contribution is -2.40. The fourth-order valence-corrected chi connectivity index (χ4v) is 3.70. The van der Waals surface area contributed by atoms with Crippen LogP contribution in [0.15, 0.2) is 23.1 Å². The van der Waals surface area contributed by atoms with Crippen molar-refractivity contribution in [1.29, 1.82) is 0 Å². The number of benzene rings is 1. The summed E-state index contributed by atoms with van der Waals surface area (Å²) in [7, 11) is -3.52. The molecule has 6 heteroatoms. The summed E-state index contributed by atoms with van der Waals surface area (Å²) in [5.41, 5.74) is 0.903. The molecule has 112 valence electrons. The van der Waals surface area contributed by atoms with Crippen molar-refractivity contribution in [1.82, 2.24) is 4.31 Å². The van der Waals surface area contributed by atoms with Gasteiger partial charge < -0.3 is 9.47 Å². The summed E-state index contributed by atoms with van der Waals surface area (Å²) in [5, 5.41) is 0. The number of ether oxygens (including phenoxy) is 2. The monoisotopic (exact) mass is 299 g/mol. The lowest BCUT2D eigenvalue weighted by Gasteiger charge is -2.27. The minimum atomic E-state index is -3.52. The van der Waals surface area contributed by atoms with E-state index in [1.54, 1.807) is 12.1 Å². The molecule has 1 aromatic rings. The van der Waals surface area contributed by atoms with Gasteiger partial charge in [0.25, 0.3) is 0 Å². The number of aryl methyl sites for hydroxylation is 1. The van der Waals surface area contributed by atoms with Crippen LogP contribution in [0.2, 0.25) is 0 Å². The standard InChI is InChI=1S/C14H21NO4S/c1-3-8-19-13-5-4-12(2)11-14(13)20(16,17)15-6-9-18-10-7-15/h4-5,11H,3,6-10H2,1-2H3.